The maximum absolute atomic E-state index is 11.0. The van der Waals surface area contributed by atoms with Gasteiger partial charge in [0.2, 0.25) is 0 Å². The lowest BCUT2D eigenvalue weighted by molar-refractivity contribution is -0.148. The second kappa shape index (κ2) is 8.03. The number of aryl methyl sites for hydroxylation is 1. The van der Waals surface area contributed by atoms with Crippen molar-refractivity contribution in [3.05, 3.63) is 29.8 Å². The molecule has 1 aromatic rings. The van der Waals surface area contributed by atoms with Crippen molar-refractivity contribution in [1.29, 1.82) is 0 Å². The Kier molecular flexibility index (Phi) is 6.69. The number of hydrogen-bond donors (Lipinski definition) is 2. The van der Waals surface area contributed by atoms with Crippen LogP contribution >= 0.6 is 0 Å². The summed E-state index contributed by atoms with van der Waals surface area (Å²) in [5.74, 6) is -0.135. The summed E-state index contributed by atoms with van der Waals surface area (Å²) in [7, 11) is 0. The standard InChI is InChI=1S/C17H27NO3/c1-5-18-13(2)6-7-14-8-10-15(11-9-14)21-12-17(3,4)16(19)20/h8-11,13,18H,5-7,12H2,1-4H3,(H,19,20). The molecule has 0 spiro atoms. The zero-order valence-electron chi connectivity index (χ0n) is 13.5. The SMILES string of the molecule is CCNC(C)CCc1ccc(OCC(C)(C)C(=O)O)cc1. The van der Waals surface area contributed by atoms with E-state index in [0.29, 0.717) is 11.8 Å². The van der Waals surface area contributed by atoms with Gasteiger partial charge in [0.1, 0.15) is 12.4 Å². The number of carboxylic acid groups (broad SMARTS) is 1. The molecule has 21 heavy (non-hydrogen) atoms. The van der Waals surface area contributed by atoms with E-state index in [1.165, 1.54) is 5.56 Å². The first-order chi connectivity index (χ1) is 9.85. The predicted molar refractivity (Wildman–Crippen MR) is 84.8 cm³/mol. The highest BCUT2D eigenvalue weighted by atomic mass is 16.5. The van der Waals surface area contributed by atoms with Crippen LogP contribution < -0.4 is 10.1 Å². The predicted octanol–water partition coefficient (Wildman–Crippen LogP) is 3.11. The number of rotatable bonds is 9. The van der Waals surface area contributed by atoms with Crippen molar-refractivity contribution in [3.8, 4) is 5.75 Å². The van der Waals surface area contributed by atoms with Crippen molar-refractivity contribution >= 4 is 5.97 Å². The third kappa shape index (κ3) is 6.17. The minimum Gasteiger partial charge on any atom is -0.492 e. The maximum atomic E-state index is 11.0. The normalized spacial score (nSPS) is 13.0. The van der Waals surface area contributed by atoms with Gasteiger partial charge in [-0.25, -0.2) is 0 Å². The summed E-state index contributed by atoms with van der Waals surface area (Å²) in [4.78, 5) is 11.0. The van der Waals surface area contributed by atoms with E-state index in [1.807, 2.05) is 24.3 Å². The van der Waals surface area contributed by atoms with Crippen molar-refractivity contribution in [3.63, 3.8) is 0 Å². The van der Waals surface area contributed by atoms with Gasteiger partial charge in [-0.3, -0.25) is 4.79 Å². The molecule has 1 unspecified atom stereocenters. The fourth-order valence-electron chi connectivity index (χ4n) is 1.91. The lowest BCUT2D eigenvalue weighted by Crippen LogP contribution is -2.30. The minimum absolute atomic E-state index is 0.166. The Balaban J connectivity index is 2.45. The quantitative estimate of drug-likeness (QED) is 0.734. The second-order valence-corrected chi connectivity index (χ2v) is 6.12. The third-order valence-electron chi connectivity index (χ3n) is 3.52. The molecule has 0 aromatic heterocycles. The Labute approximate surface area is 127 Å². The first-order valence-electron chi connectivity index (χ1n) is 7.53. The van der Waals surface area contributed by atoms with Gasteiger partial charge in [-0.05, 0) is 57.9 Å². The number of benzene rings is 1. The van der Waals surface area contributed by atoms with Gasteiger partial charge in [0, 0.05) is 6.04 Å². The van der Waals surface area contributed by atoms with Gasteiger partial charge in [0.25, 0.3) is 0 Å². The zero-order chi connectivity index (χ0) is 15.9. The molecule has 4 nitrogen and oxygen atoms in total. The molecule has 0 saturated carbocycles. The molecule has 0 fully saturated rings. The molecule has 118 valence electrons. The molecule has 1 rings (SSSR count). The lowest BCUT2D eigenvalue weighted by Gasteiger charge is -2.19. The Hall–Kier alpha value is -1.55. The summed E-state index contributed by atoms with van der Waals surface area (Å²) < 4.78 is 5.56. The van der Waals surface area contributed by atoms with Gasteiger partial charge in [-0.1, -0.05) is 19.1 Å². The van der Waals surface area contributed by atoms with E-state index in [2.05, 4.69) is 19.2 Å². The zero-order valence-corrected chi connectivity index (χ0v) is 13.5. The molecule has 0 bridgehead atoms. The molecule has 0 radical (unpaired) electrons. The Bertz CT molecular complexity index is 440. The number of hydrogen-bond acceptors (Lipinski definition) is 3. The largest absolute Gasteiger partial charge is 0.492 e. The molecule has 4 heteroatoms. The van der Waals surface area contributed by atoms with Gasteiger partial charge in [-0.15, -0.1) is 0 Å². The van der Waals surface area contributed by atoms with E-state index >= 15 is 0 Å². The van der Waals surface area contributed by atoms with Crippen LogP contribution in [0.3, 0.4) is 0 Å². The van der Waals surface area contributed by atoms with E-state index in [4.69, 9.17) is 9.84 Å². The summed E-state index contributed by atoms with van der Waals surface area (Å²) in [5, 5.41) is 12.4. The third-order valence-corrected chi connectivity index (χ3v) is 3.52. The highest BCUT2D eigenvalue weighted by Gasteiger charge is 2.28. The smallest absolute Gasteiger partial charge is 0.312 e. The Morgan fingerprint density at radius 1 is 1.33 bits per heavy atom. The number of aliphatic carboxylic acids is 1. The molecule has 0 saturated heterocycles. The van der Waals surface area contributed by atoms with Gasteiger partial charge >= 0.3 is 5.97 Å². The molecule has 1 aromatic carbocycles. The molecule has 0 amide bonds. The topological polar surface area (TPSA) is 58.6 Å². The van der Waals surface area contributed by atoms with E-state index < -0.39 is 11.4 Å². The van der Waals surface area contributed by atoms with Crippen molar-refractivity contribution in [1.82, 2.24) is 5.32 Å². The number of nitrogens with one attached hydrogen (secondary N) is 1. The average molecular weight is 293 g/mol. The number of ether oxygens (including phenoxy) is 1. The van der Waals surface area contributed by atoms with Gasteiger partial charge < -0.3 is 15.2 Å². The van der Waals surface area contributed by atoms with Gasteiger partial charge in [0.05, 0.1) is 5.41 Å². The fraction of sp³-hybridized carbons (Fsp3) is 0.588. The molecule has 0 aliphatic carbocycles. The van der Waals surface area contributed by atoms with E-state index in [9.17, 15) is 4.79 Å². The van der Waals surface area contributed by atoms with E-state index in [0.717, 1.165) is 19.4 Å². The molecular formula is C17H27NO3. The average Bonchev–Trinajstić information content (AvgIpc) is 2.44. The van der Waals surface area contributed by atoms with E-state index in [-0.39, 0.29) is 6.61 Å². The summed E-state index contributed by atoms with van der Waals surface area (Å²) >= 11 is 0. The monoisotopic (exact) mass is 293 g/mol. The van der Waals surface area contributed by atoms with Gasteiger partial charge in [0.15, 0.2) is 0 Å². The van der Waals surface area contributed by atoms with Crippen LogP contribution in [0.5, 0.6) is 5.75 Å². The van der Waals surface area contributed by atoms with E-state index in [1.54, 1.807) is 13.8 Å². The lowest BCUT2D eigenvalue weighted by atomic mass is 9.95. The van der Waals surface area contributed by atoms with Crippen LogP contribution in [0.15, 0.2) is 24.3 Å². The van der Waals surface area contributed by atoms with Crippen LogP contribution in [0, 0.1) is 5.41 Å². The van der Waals surface area contributed by atoms with Crippen LogP contribution in [0.1, 0.15) is 39.7 Å². The molecule has 0 aliphatic heterocycles. The van der Waals surface area contributed by atoms with Gasteiger partial charge in [-0.2, -0.15) is 0 Å². The summed E-state index contributed by atoms with van der Waals surface area (Å²) in [6.45, 7) is 8.78. The van der Waals surface area contributed by atoms with Crippen molar-refractivity contribution in [2.24, 2.45) is 5.41 Å². The van der Waals surface area contributed by atoms with Crippen LogP contribution in [-0.4, -0.2) is 30.3 Å². The summed E-state index contributed by atoms with van der Waals surface area (Å²) in [6, 6.07) is 8.42. The molecular weight excluding hydrogens is 266 g/mol. The molecule has 0 heterocycles. The molecule has 1 atom stereocenters. The Morgan fingerprint density at radius 2 is 1.95 bits per heavy atom. The first kappa shape index (κ1) is 17.5. The number of carbonyl (C=O) groups is 1. The van der Waals surface area contributed by atoms with Crippen LogP contribution in [0.4, 0.5) is 0 Å². The molecule has 0 aliphatic rings. The maximum Gasteiger partial charge on any atom is 0.312 e. The van der Waals surface area contributed by atoms with Crippen molar-refractivity contribution in [2.45, 2.75) is 46.6 Å². The highest BCUT2D eigenvalue weighted by molar-refractivity contribution is 5.73. The summed E-state index contributed by atoms with van der Waals surface area (Å²) in [5.41, 5.74) is 0.393. The fourth-order valence-corrected chi connectivity index (χ4v) is 1.91. The number of carboxylic acids is 1. The van der Waals surface area contributed by atoms with Crippen molar-refractivity contribution in [2.75, 3.05) is 13.2 Å². The van der Waals surface area contributed by atoms with Crippen LogP contribution in [0.25, 0.3) is 0 Å². The van der Waals surface area contributed by atoms with Crippen LogP contribution in [-0.2, 0) is 11.2 Å². The summed E-state index contributed by atoms with van der Waals surface area (Å²) in [6.07, 6.45) is 2.12. The molecule has 2 N–H and O–H groups in total. The van der Waals surface area contributed by atoms with Crippen LogP contribution in [0.2, 0.25) is 0 Å². The Morgan fingerprint density at radius 3 is 2.48 bits per heavy atom. The first-order valence-corrected chi connectivity index (χ1v) is 7.53. The minimum atomic E-state index is -0.875. The second-order valence-electron chi connectivity index (χ2n) is 6.12. The van der Waals surface area contributed by atoms with Crippen molar-refractivity contribution < 1.29 is 14.6 Å². The highest BCUT2D eigenvalue weighted by Crippen LogP contribution is 2.20.